The highest BCUT2D eigenvalue weighted by molar-refractivity contribution is 6.29. The molecule has 4 heterocycles. The topological polar surface area (TPSA) is 74.0 Å². The highest BCUT2D eigenvalue weighted by Crippen LogP contribution is 2.33. The molecular weight excluding hydrogens is 378 g/mol. The number of nitrogens with zero attached hydrogens (tertiary/aromatic N) is 7. The second kappa shape index (κ2) is 6.86. The Morgan fingerprint density at radius 1 is 1.25 bits per heavy atom. The number of hydrogen-bond donors (Lipinski definition) is 0. The van der Waals surface area contributed by atoms with Crippen molar-refractivity contribution in [2.24, 2.45) is 11.8 Å². The van der Waals surface area contributed by atoms with Crippen molar-refractivity contribution >= 4 is 28.8 Å². The van der Waals surface area contributed by atoms with E-state index in [0.717, 1.165) is 36.1 Å². The van der Waals surface area contributed by atoms with E-state index >= 15 is 0 Å². The molecule has 1 aliphatic carbocycles. The van der Waals surface area contributed by atoms with Crippen LogP contribution in [0.2, 0.25) is 5.15 Å². The average molecular weight is 395 g/mol. The van der Waals surface area contributed by atoms with Crippen LogP contribution in [0.3, 0.4) is 0 Å². The lowest BCUT2D eigenvalue weighted by molar-refractivity contribution is 0.0922. The van der Waals surface area contributed by atoms with Gasteiger partial charge in [0.25, 0.3) is 0 Å². The predicted octanol–water partition coefficient (Wildman–Crippen LogP) is 3.73. The summed E-state index contributed by atoms with van der Waals surface area (Å²) >= 11 is 6.15. The molecule has 5 rings (SSSR count). The van der Waals surface area contributed by atoms with Gasteiger partial charge in [-0.25, -0.2) is 9.97 Å². The smallest absolute Gasteiger partial charge is 0.384 e. The number of imidazole rings is 1. The Hall–Kier alpha value is -3.02. The zero-order valence-corrected chi connectivity index (χ0v) is 15.9. The highest BCUT2D eigenvalue weighted by atomic mass is 35.5. The number of fused-ring (bicyclic) bond motifs is 2. The van der Waals surface area contributed by atoms with E-state index in [0.29, 0.717) is 28.7 Å². The summed E-state index contributed by atoms with van der Waals surface area (Å²) in [7, 11) is 1.73. The van der Waals surface area contributed by atoms with Crippen LogP contribution in [0.4, 0.5) is 5.95 Å². The summed E-state index contributed by atoms with van der Waals surface area (Å²) in [6.45, 7) is 0.803. The Bertz CT molecular complexity index is 1230. The zero-order chi connectivity index (χ0) is 19.1. The molecule has 1 saturated carbocycles. The van der Waals surface area contributed by atoms with Crippen LogP contribution in [-0.2, 0) is 4.74 Å². The molecule has 28 heavy (non-hydrogen) atoms. The Labute approximate surface area is 165 Å². The van der Waals surface area contributed by atoms with Gasteiger partial charge in [0.15, 0.2) is 0 Å². The summed E-state index contributed by atoms with van der Waals surface area (Å²) in [6, 6.07) is 5.11. The SMILES string of the molecule is COCC1CC(C#[N+]c2ncc3c(-c4cnc5ncc(Cl)n5c4)ccn3n2)C1. The second-order valence-corrected chi connectivity index (χ2v) is 7.33. The molecule has 0 atom stereocenters. The van der Waals surface area contributed by atoms with E-state index in [4.69, 9.17) is 16.3 Å². The molecule has 4 aromatic heterocycles. The summed E-state index contributed by atoms with van der Waals surface area (Å²) in [4.78, 5) is 17.2. The summed E-state index contributed by atoms with van der Waals surface area (Å²) in [5, 5.41) is 4.98. The van der Waals surface area contributed by atoms with Crippen LogP contribution in [0.25, 0.3) is 27.3 Å². The molecule has 0 amide bonds. The summed E-state index contributed by atoms with van der Waals surface area (Å²) in [6.07, 6.45) is 11.0. The fourth-order valence-electron chi connectivity index (χ4n) is 3.53. The number of hydrogen-bond acceptors (Lipinski definition) is 5. The lowest BCUT2D eigenvalue weighted by Gasteiger charge is -2.29. The Morgan fingerprint density at radius 2 is 2.11 bits per heavy atom. The second-order valence-electron chi connectivity index (χ2n) is 6.94. The van der Waals surface area contributed by atoms with Crippen molar-refractivity contribution in [2.75, 3.05) is 13.7 Å². The quantitative estimate of drug-likeness (QED) is 0.529. The molecule has 4 aromatic rings. The molecule has 1 fully saturated rings. The number of rotatable bonds is 3. The van der Waals surface area contributed by atoms with Gasteiger partial charge >= 0.3 is 5.95 Å². The van der Waals surface area contributed by atoms with Gasteiger partial charge < -0.3 is 4.74 Å². The third-order valence-corrected chi connectivity index (χ3v) is 5.30. The van der Waals surface area contributed by atoms with Gasteiger partial charge in [-0.1, -0.05) is 16.6 Å². The summed E-state index contributed by atoms with van der Waals surface area (Å²) in [5.74, 6) is 1.93. The molecule has 1 aliphatic rings. The molecule has 0 radical (unpaired) electrons. The van der Waals surface area contributed by atoms with Gasteiger partial charge in [0.2, 0.25) is 5.78 Å². The largest absolute Gasteiger partial charge is 0.551 e. The average Bonchev–Trinajstić information content (AvgIpc) is 3.26. The van der Waals surface area contributed by atoms with Crippen LogP contribution >= 0.6 is 11.6 Å². The maximum Gasteiger partial charge on any atom is 0.551 e. The van der Waals surface area contributed by atoms with Gasteiger partial charge in [0, 0.05) is 48.5 Å². The highest BCUT2D eigenvalue weighted by Gasteiger charge is 2.29. The Balaban J connectivity index is 1.41. The van der Waals surface area contributed by atoms with Gasteiger partial charge in [-0.15, -0.1) is 0 Å². The first-order valence-electron chi connectivity index (χ1n) is 9.00. The molecule has 0 N–H and O–H groups in total. The van der Waals surface area contributed by atoms with Crippen molar-refractivity contribution in [2.45, 2.75) is 12.8 Å². The first kappa shape index (κ1) is 17.1. The van der Waals surface area contributed by atoms with Crippen LogP contribution in [-0.4, -0.2) is 42.7 Å². The molecule has 0 unspecified atom stereocenters. The predicted molar refractivity (Wildman–Crippen MR) is 105 cm³/mol. The van der Waals surface area contributed by atoms with Gasteiger partial charge in [-0.3, -0.25) is 4.40 Å². The summed E-state index contributed by atoms with van der Waals surface area (Å²) in [5.41, 5.74) is 2.72. The minimum Gasteiger partial charge on any atom is -0.384 e. The first-order chi connectivity index (χ1) is 13.7. The minimum absolute atomic E-state index is 0.359. The maximum absolute atomic E-state index is 6.15. The van der Waals surface area contributed by atoms with Crippen molar-refractivity contribution in [1.82, 2.24) is 29.0 Å². The Kier molecular flexibility index (Phi) is 4.19. The van der Waals surface area contributed by atoms with Crippen LogP contribution in [0.1, 0.15) is 12.8 Å². The van der Waals surface area contributed by atoms with E-state index in [1.165, 1.54) is 0 Å². The van der Waals surface area contributed by atoms with Crippen molar-refractivity contribution in [3.8, 4) is 17.2 Å². The molecule has 8 nitrogen and oxygen atoms in total. The number of aromatic nitrogens is 6. The van der Waals surface area contributed by atoms with Gasteiger partial charge in [-0.05, 0) is 24.8 Å². The maximum atomic E-state index is 6.15. The van der Waals surface area contributed by atoms with E-state index in [9.17, 15) is 0 Å². The van der Waals surface area contributed by atoms with Gasteiger partial charge in [0.05, 0.1) is 12.1 Å². The number of halogens is 1. The van der Waals surface area contributed by atoms with Crippen LogP contribution in [0.15, 0.2) is 37.1 Å². The van der Waals surface area contributed by atoms with Crippen molar-refractivity contribution in [3.05, 3.63) is 47.0 Å². The first-order valence-corrected chi connectivity index (χ1v) is 9.37. The van der Waals surface area contributed by atoms with Crippen molar-refractivity contribution < 1.29 is 4.74 Å². The summed E-state index contributed by atoms with van der Waals surface area (Å²) < 4.78 is 8.67. The third-order valence-electron chi connectivity index (χ3n) is 5.02. The van der Waals surface area contributed by atoms with E-state index < -0.39 is 0 Å². The molecule has 0 saturated heterocycles. The fraction of sp³-hybridized carbons (Fsp3) is 0.316. The van der Waals surface area contributed by atoms with Crippen molar-refractivity contribution in [3.63, 3.8) is 0 Å². The van der Waals surface area contributed by atoms with Crippen molar-refractivity contribution in [1.29, 1.82) is 0 Å². The number of ether oxygens (including phenoxy) is 1. The van der Waals surface area contributed by atoms with Crippen LogP contribution in [0.5, 0.6) is 0 Å². The van der Waals surface area contributed by atoms with Crippen LogP contribution < -0.4 is 0 Å². The minimum atomic E-state index is 0.359. The lowest BCUT2D eigenvalue weighted by atomic mass is 9.76. The molecular formula is C19H17ClN7O+. The normalized spacial score (nSPS) is 18.8. The van der Waals surface area contributed by atoms with E-state index in [2.05, 4.69) is 31.0 Å². The zero-order valence-electron chi connectivity index (χ0n) is 15.2. The molecule has 0 aromatic carbocycles. The monoisotopic (exact) mass is 394 g/mol. The van der Waals surface area contributed by atoms with Gasteiger partial charge in [0.1, 0.15) is 22.9 Å². The molecule has 0 aliphatic heterocycles. The van der Waals surface area contributed by atoms with Crippen LogP contribution in [0, 0.1) is 17.9 Å². The van der Waals surface area contributed by atoms with E-state index in [-0.39, 0.29) is 0 Å². The fourth-order valence-corrected chi connectivity index (χ4v) is 3.71. The lowest BCUT2D eigenvalue weighted by Crippen LogP contribution is -2.25. The van der Waals surface area contributed by atoms with E-state index in [1.54, 1.807) is 34.6 Å². The van der Waals surface area contributed by atoms with Gasteiger partial charge in [-0.2, -0.15) is 9.36 Å². The Morgan fingerprint density at radius 3 is 2.96 bits per heavy atom. The number of methoxy groups -OCH3 is 1. The third kappa shape index (κ3) is 2.99. The van der Waals surface area contributed by atoms with E-state index in [1.807, 2.05) is 18.5 Å². The molecule has 0 spiro atoms. The molecule has 9 heteroatoms. The molecule has 140 valence electrons. The molecule has 0 bridgehead atoms. The standard InChI is InChI=1S/C19H17ClN7O/c1-28-11-13-4-12(5-13)6-21-18-22-8-16-15(2-3-27(16)25-18)14-7-23-19-24-9-17(20)26(19)10-14/h2-3,7-10,12-13H,4-5,11H2,1H3/q+1.